The van der Waals surface area contributed by atoms with E-state index in [9.17, 15) is 9.59 Å². The molecule has 0 atom stereocenters. The first-order valence-corrected chi connectivity index (χ1v) is 8.52. The summed E-state index contributed by atoms with van der Waals surface area (Å²) in [5.41, 5.74) is 3.38. The topological polar surface area (TPSA) is 46.6 Å². The predicted molar refractivity (Wildman–Crippen MR) is 98.0 cm³/mol. The minimum atomic E-state index is -0.301. The monoisotopic (exact) mass is 339 g/mol. The summed E-state index contributed by atoms with van der Waals surface area (Å²) < 4.78 is 4.70. The third-order valence-corrected chi connectivity index (χ3v) is 4.13. The highest BCUT2D eigenvalue weighted by atomic mass is 16.5. The molecule has 0 aromatic heterocycles. The maximum Gasteiger partial charge on any atom is 0.307 e. The molecule has 0 saturated heterocycles. The molecule has 0 saturated carbocycles. The van der Waals surface area contributed by atoms with E-state index in [1.807, 2.05) is 61.5 Å². The highest BCUT2D eigenvalue weighted by Crippen LogP contribution is 2.11. The number of benzene rings is 2. The Morgan fingerprint density at radius 1 is 0.920 bits per heavy atom. The van der Waals surface area contributed by atoms with E-state index in [2.05, 4.69) is 0 Å². The lowest BCUT2D eigenvalue weighted by atomic mass is 10.1. The van der Waals surface area contributed by atoms with Gasteiger partial charge in [0, 0.05) is 19.5 Å². The van der Waals surface area contributed by atoms with Crippen molar-refractivity contribution in [1.29, 1.82) is 0 Å². The Morgan fingerprint density at radius 3 is 2.24 bits per heavy atom. The van der Waals surface area contributed by atoms with Crippen LogP contribution in [0.2, 0.25) is 0 Å². The molecule has 2 aromatic carbocycles. The number of amides is 1. The standard InChI is InChI=1S/C21H25NO3/c1-17-8-10-19(11-9-17)16-22(15-14-21(24)25-2)20(23)13-12-18-6-4-3-5-7-18/h3-11H,12-16H2,1-2H3. The van der Waals surface area contributed by atoms with Gasteiger partial charge in [-0.25, -0.2) is 0 Å². The van der Waals surface area contributed by atoms with Crippen LogP contribution >= 0.6 is 0 Å². The van der Waals surface area contributed by atoms with Gasteiger partial charge in [0.05, 0.1) is 13.5 Å². The summed E-state index contributed by atoms with van der Waals surface area (Å²) in [4.78, 5) is 25.9. The fourth-order valence-corrected chi connectivity index (χ4v) is 2.59. The Balaban J connectivity index is 1.99. The van der Waals surface area contributed by atoms with Gasteiger partial charge in [-0.05, 0) is 24.5 Å². The van der Waals surface area contributed by atoms with Gasteiger partial charge in [-0.1, -0.05) is 60.2 Å². The molecule has 0 radical (unpaired) electrons. The van der Waals surface area contributed by atoms with Crippen molar-refractivity contribution >= 4 is 11.9 Å². The first kappa shape index (κ1) is 18.7. The smallest absolute Gasteiger partial charge is 0.307 e. The van der Waals surface area contributed by atoms with Crippen LogP contribution in [-0.4, -0.2) is 30.4 Å². The zero-order valence-corrected chi connectivity index (χ0v) is 14.9. The Hall–Kier alpha value is -2.62. The third kappa shape index (κ3) is 6.42. The summed E-state index contributed by atoms with van der Waals surface area (Å²) in [6, 6.07) is 18.0. The molecule has 0 N–H and O–H groups in total. The van der Waals surface area contributed by atoms with E-state index in [-0.39, 0.29) is 18.3 Å². The van der Waals surface area contributed by atoms with E-state index < -0.39 is 0 Å². The van der Waals surface area contributed by atoms with Crippen molar-refractivity contribution in [1.82, 2.24) is 4.90 Å². The zero-order valence-electron chi connectivity index (χ0n) is 14.9. The molecular formula is C21H25NO3. The second-order valence-corrected chi connectivity index (χ2v) is 6.11. The molecule has 1 amide bonds. The molecule has 0 aliphatic rings. The van der Waals surface area contributed by atoms with Crippen molar-refractivity contribution < 1.29 is 14.3 Å². The van der Waals surface area contributed by atoms with E-state index in [0.717, 1.165) is 11.1 Å². The lowest BCUT2D eigenvalue weighted by Gasteiger charge is -2.22. The van der Waals surface area contributed by atoms with Crippen molar-refractivity contribution in [3.8, 4) is 0 Å². The summed E-state index contributed by atoms with van der Waals surface area (Å²) >= 11 is 0. The maximum atomic E-state index is 12.7. The average molecular weight is 339 g/mol. The Morgan fingerprint density at radius 2 is 1.60 bits per heavy atom. The molecular weight excluding hydrogens is 314 g/mol. The van der Waals surface area contributed by atoms with Gasteiger partial charge in [-0.3, -0.25) is 9.59 Å². The molecule has 0 bridgehead atoms. The number of carbonyl (C=O) groups is 2. The minimum absolute atomic E-state index is 0.0494. The van der Waals surface area contributed by atoms with E-state index in [0.29, 0.717) is 25.9 Å². The highest BCUT2D eigenvalue weighted by Gasteiger charge is 2.16. The van der Waals surface area contributed by atoms with Gasteiger partial charge in [0.1, 0.15) is 0 Å². The first-order chi connectivity index (χ1) is 12.1. The van der Waals surface area contributed by atoms with Crippen LogP contribution in [0.4, 0.5) is 0 Å². The van der Waals surface area contributed by atoms with Crippen molar-refractivity contribution in [3.63, 3.8) is 0 Å². The normalized spacial score (nSPS) is 10.3. The minimum Gasteiger partial charge on any atom is -0.469 e. The van der Waals surface area contributed by atoms with Crippen LogP contribution in [-0.2, 0) is 27.3 Å². The summed E-state index contributed by atoms with van der Waals surface area (Å²) in [6.07, 6.45) is 1.33. The van der Waals surface area contributed by atoms with Crippen LogP contribution in [0.1, 0.15) is 29.5 Å². The number of carbonyl (C=O) groups excluding carboxylic acids is 2. The van der Waals surface area contributed by atoms with Gasteiger partial charge < -0.3 is 9.64 Å². The van der Waals surface area contributed by atoms with Crippen LogP contribution in [0.25, 0.3) is 0 Å². The lowest BCUT2D eigenvalue weighted by Crippen LogP contribution is -2.33. The Labute approximate surface area is 149 Å². The summed E-state index contributed by atoms with van der Waals surface area (Å²) in [6.45, 7) is 2.91. The first-order valence-electron chi connectivity index (χ1n) is 8.52. The van der Waals surface area contributed by atoms with Gasteiger partial charge in [-0.15, -0.1) is 0 Å². The van der Waals surface area contributed by atoms with Gasteiger partial charge >= 0.3 is 5.97 Å². The number of ether oxygens (including phenoxy) is 1. The van der Waals surface area contributed by atoms with Gasteiger partial charge in [0.25, 0.3) is 0 Å². The Kier molecular flexibility index (Phi) is 7.20. The second kappa shape index (κ2) is 9.62. The molecule has 0 aliphatic carbocycles. The fraction of sp³-hybridized carbons (Fsp3) is 0.333. The third-order valence-electron chi connectivity index (χ3n) is 4.13. The maximum absolute atomic E-state index is 12.7. The fourth-order valence-electron chi connectivity index (χ4n) is 2.59. The Bertz CT molecular complexity index is 680. The number of esters is 1. The molecule has 132 valence electrons. The largest absolute Gasteiger partial charge is 0.469 e. The molecule has 2 aromatic rings. The molecule has 2 rings (SSSR count). The quantitative estimate of drug-likeness (QED) is 0.691. The van der Waals surface area contributed by atoms with E-state index in [1.165, 1.54) is 12.7 Å². The number of nitrogens with zero attached hydrogens (tertiary/aromatic N) is 1. The number of methoxy groups -OCH3 is 1. The van der Waals surface area contributed by atoms with Crippen LogP contribution in [0, 0.1) is 6.92 Å². The van der Waals surface area contributed by atoms with Crippen LogP contribution in [0.5, 0.6) is 0 Å². The van der Waals surface area contributed by atoms with Gasteiger partial charge in [0.2, 0.25) is 5.91 Å². The van der Waals surface area contributed by atoms with Crippen LogP contribution in [0.15, 0.2) is 54.6 Å². The SMILES string of the molecule is COC(=O)CCN(Cc1ccc(C)cc1)C(=O)CCc1ccccc1. The molecule has 0 fully saturated rings. The lowest BCUT2D eigenvalue weighted by molar-refractivity contribution is -0.141. The van der Waals surface area contributed by atoms with E-state index in [1.54, 1.807) is 4.90 Å². The second-order valence-electron chi connectivity index (χ2n) is 6.11. The van der Waals surface area contributed by atoms with Crippen molar-refractivity contribution in [2.75, 3.05) is 13.7 Å². The van der Waals surface area contributed by atoms with Crippen molar-refractivity contribution in [3.05, 3.63) is 71.3 Å². The van der Waals surface area contributed by atoms with E-state index >= 15 is 0 Å². The van der Waals surface area contributed by atoms with Crippen molar-refractivity contribution in [2.45, 2.75) is 32.7 Å². The summed E-state index contributed by atoms with van der Waals surface area (Å²) in [5, 5.41) is 0. The number of hydrogen-bond donors (Lipinski definition) is 0. The molecule has 0 spiro atoms. The van der Waals surface area contributed by atoms with Gasteiger partial charge in [0.15, 0.2) is 0 Å². The van der Waals surface area contributed by atoms with Crippen LogP contribution < -0.4 is 0 Å². The molecule has 0 aliphatic heterocycles. The van der Waals surface area contributed by atoms with E-state index in [4.69, 9.17) is 4.74 Å². The molecule has 4 heteroatoms. The summed E-state index contributed by atoms with van der Waals surface area (Å²) in [5.74, 6) is -0.252. The molecule has 25 heavy (non-hydrogen) atoms. The van der Waals surface area contributed by atoms with Crippen molar-refractivity contribution in [2.24, 2.45) is 0 Å². The van der Waals surface area contributed by atoms with Crippen LogP contribution in [0.3, 0.4) is 0 Å². The molecule has 0 heterocycles. The number of hydrogen-bond acceptors (Lipinski definition) is 3. The van der Waals surface area contributed by atoms with Gasteiger partial charge in [-0.2, -0.15) is 0 Å². The molecule has 0 unspecified atom stereocenters. The predicted octanol–water partition coefficient (Wildman–Crippen LogP) is 3.52. The highest BCUT2D eigenvalue weighted by molar-refractivity contribution is 5.77. The average Bonchev–Trinajstić information content (AvgIpc) is 2.65. The summed E-state index contributed by atoms with van der Waals surface area (Å²) in [7, 11) is 1.36. The molecule has 4 nitrogen and oxygen atoms in total. The number of aryl methyl sites for hydroxylation is 2. The zero-order chi connectivity index (χ0) is 18.1. The number of rotatable bonds is 8.